The summed E-state index contributed by atoms with van der Waals surface area (Å²) >= 11 is 0. The summed E-state index contributed by atoms with van der Waals surface area (Å²) in [4.78, 5) is 23.4. The molecule has 118 valence electrons. The van der Waals surface area contributed by atoms with E-state index in [2.05, 4.69) is 0 Å². The highest BCUT2D eigenvalue weighted by Crippen LogP contribution is 2.33. The summed E-state index contributed by atoms with van der Waals surface area (Å²) in [5.74, 6) is -2.07. The third kappa shape index (κ3) is 3.42. The summed E-state index contributed by atoms with van der Waals surface area (Å²) in [6.45, 7) is 0. The highest BCUT2D eigenvalue weighted by atomic mass is 16.5. The van der Waals surface area contributed by atoms with Gasteiger partial charge in [0.15, 0.2) is 0 Å². The van der Waals surface area contributed by atoms with E-state index in [1.54, 1.807) is 12.1 Å². The van der Waals surface area contributed by atoms with E-state index < -0.39 is 23.8 Å². The molecule has 0 bridgehead atoms. The maximum absolute atomic E-state index is 12.2. The topological polar surface area (TPSA) is 63.6 Å². The molecule has 1 aliphatic rings. The van der Waals surface area contributed by atoms with Crippen LogP contribution in [0, 0.1) is 11.8 Å². The number of rotatable bonds is 4. The first kappa shape index (κ1) is 15.3. The number of carbonyl (C=O) groups excluding carboxylic acids is 1. The third-order valence-electron chi connectivity index (χ3n) is 4.32. The van der Waals surface area contributed by atoms with Gasteiger partial charge in [0.25, 0.3) is 0 Å². The molecule has 0 spiro atoms. The maximum atomic E-state index is 12.2. The van der Waals surface area contributed by atoms with Crippen LogP contribution in [0.2, 0.25) is 0 Å². The van der Waals surface area contributed by atoms with Gasteiger partial charge in [0.1, 0.15) is 5.75 Å². The molecule has 1 saturated carbocycles. The van der Waals surface area contributed by atoms with Crippen molar-refractivity contribution in [2.75, 3.05) is 0 Å². The molecule has 4 nitrogen and oxygen atoms in total. The van der Waals surface area contributed by atoms with Crippen LogP contribution in [0.15, 0.2) is 54.6 Å². The number of aliphatic carboxylic acids is 1. The Bertz CT molecular complexity index is 691. The molecule has 0 heterocycles. The summed E-state index contributed by atoms with van der Waals surface area (Å²) in [6.07, 6.45) is 1.88. The molecule has 0 aromatic heterocycles. The number of ether oxygens (including phenoxy) is 1. The number of hydrogen-bond acceptors (Lipinski definition) is 3. The van der Waals surface area contributed by atoms with Gasteiger partial charge in [0.2, 0.25) is 0 Å². The summed E-state index contributed by atoms with van der Waals surface area (Å²) in [5.41, 5.74) is 2.13. The second kappa shape index (κ2) is 6.65. The summed E-state index contributed by atoms with van der Waals surface area (Å²) in [7, 11) is 0. The zero-order valence-corrected chi connectivity index (χ0v) is 12.6. The Balaban J connectivity index is 1.69. The molecule has 1 aliphatic carbocycles. The second-order valence-corrected chi connectivity index (χ2v) is 5.79. The van der Waals surface area contributed by atoms with Gasteiger partial charge in [0, 0.05) is 0 Å². The Morgan fingerprint density at radius 3 is 2.13 bits per heavy atom. The lowest BCUT2D eigenvalue weighted by Gasteiger charge is -2.14. The van der Waals surface area contributed by atoms with Crippen molar-refractivity contribution < 1.29 is 19.4 Å². The van der Waals surface area contributed by atoms with Crippen molar-refractivity contribution in [1.29, 1.82) is 0 Å². The molecule has 2 aromatic carbocycles. The molecule has 23 heavy (non-hydrogen) atoms. The monoisotopic (exact) mass is 310 g/mol. The van der Waals surface area contributed by atoms with E-state index >= 15 is 0 Å². The van der Waals surface area contributed by atoms with Crippen molar-refractivity contribution in [3.63, 3.8) is 0 Å². The fraction of sp³-hybridized carbons (Fsp3) is 0.263. The molecular weight excluding hydrogens is 292 g/mol. The van der Waals surface area contributed by atoms with Crippen molar-refractivity contribution in [2.24, 2.45) is 11.8 Å². The van der Waals surface area contributed by atoms with E-state index in [4.69, 9.17) is 9.84 Å². The minimum Gasteiger partial charge on any atom is -0.481 e. The smallest absolute Gasteiger partial charge is 0.315 e. The molecular formula is C19H18O4. The minimum atomic E-state index is -0.913. The number of carboxylic acid groups (broad SMARTS) is 1. The van der Waals surface area contributed by atoms with Crippen molar-refractivity contribution >= 4 is 11.9 Å². The Morgan fingerprint density at radius 2 is 1.48 bits per heavy atom. The normalized spacial score (nSPS) is 20.2. The number of carbonyl (C=O) groups is 2. The molecule has 2 atom stereocenters. The first-order chi connectivity index (χ1) is 11.1. The average molecular weight is 310 g/mol. The van der Waals surface area contributed by atoms with Crippen LogP contribution in [0.5, 0.6) is 5.75 Å². The summed E-state index contributed by atoms with van der Waals surface area (Å²) in [6, 6.07) is 17.2. The molecule has 0 aliphatic heterocycles. The molecule has 1 N–H and O–H groups in total. The van der Waals surface area contributed by atoms with Gasteiger partial charge < -0.3 is 9.84 Å². The second-order valence-electron chi connectivity index (χ2n) is 5.79. The predicted octanol–water partition coefficient (Wildman–Crippen LogP) is 3.76. The molecule has 4 heteroatoms. The van der Waals surface area contributed by atoms with E-state index in [0.717, 1.165) is 17.5 Å². The van der Waals surface area contributed by atoms with Gasteiger partial charge in [-0.15, -0.1) is 0 Å². The lowest BCUT2D eigenvalue weighted by Crippen LogP contribution is -2.28. The van der Waals surface area contributed by atoms with Crippen LogP contribution in [-0.4, -0.2) is 17.0 Å². The van der Waals surface area contributed by atoms with Crippen molar-refractivity contribution in [3.05, 3.63) is 54.6 Å². The van der Waals surface area contributed by atoms with Gasteiger partial charge in [-0.2, -0.15) is 0 Å². The summed E-state index contributed by atoms with van der Waals surface area (Å²) < 4.78 is 5.37. The molecule has 0 amide bonds. The standard InChI is InChI=1S/C19H18O4/c20-18(21)16-7-4-8-17(16)19(22)23-15-11-9-14(10-12-15)13-5-2-1-3-6-13/h1-3,5-6,9-12,16-17H,4,7-8H2,(H,20,21). The predicted molar refractivity (Wildman–Crippen MR) is 86.0 cm³/mol. The van der Waals surface area contributed by atoms with E-state index in [1.165, 1.54) is 0 Å². The van der Waals surface area contributed by atoms with Crippen molar-refractivity contribution in [3.8, 4) is 16.9 Å². The Morgan fingerprint density at radius 1 is 0.870 bits per heavy atom. The van der Waals surface area contributed by atoms with Crippen LogP contribution in [0.25, 0.3) is 11.1 Å². The quantitative estimate of drug-likeness (QED) is 0.690. The van der Waals surface area contributed by atoms with Crippen LogP contribution >= 0.6 is 0 Å². The number of esters is 1. The maximum Gasteiger partial charge on any atom is 0.315 e. The van der Waals surface area contributed by atoms with Crippen LogP contribution < -0.4 is 4.74 Å². The van der Waals surface area contributed by atoms with Crippen LogP contribution in [0.3, 0.4) is 0 Å². The molecule has 2 aromatic rings. The van der Waals surface area contributed by atoms with E-state index in [9.17, 15) is 9.59 Å². The van der Waals surface area contributed by atoms with Gasteiger partial charge >= 0.3 is 11.9 Å². The first-order valence-electron chi connectivity index (χ1n) is 7.75. The zero-order valence-electron chi connectivity index (χ0n) is 12.6. The van der Waals surface area contributed by atoms with Gasteiger partial charge in [-0.05, 0) is 36.1 Å². The number of hydrogen-bond donors (Lipinski definition) is 1. The molecule has 0 radical (unpaired) electrons. The largest absolute Gasteiger partial charge is 0.481 e. The number of carboxylic acids is 1. The first-order valence-corrected chi connectivity index (χ1v) is 7.75. The van der Waals surface area contributed by atoms with Gasteiger partial charge in [0.05, 0.1) is 11.8 Å². The molecule has 0 saturated heterocycles. The van der Waals surface area contributed by atoms with E-state index in [-0.39, 0.29) is 0 Å². The zero-order chi connectivity index (χ0) is 16.2. The Hall–Kier alpha value is -2.62. The fourth-order valence-electron chi connectivity index (χ4n) is 3.08. The van der Waals surface area contributed by atoms with Gasteiger partial charge in [-0.3, -0.25) is 9.59 Å². The van der Waals surface area contributed by atoms with Crippen LogP contribution in [-0.2, 0) is 9.59 Å². The molecule has 2 unspecified atom stereocenters. The SMILES string of the molecule is O=C(O)C1CCCC1C(=O)Oc1ccc(-c2ccccc2)cc1. The summed E-state index contributed by atoms with van der Waals surface area (Å²) in [5, 5.41) is 9.15. The van der Waals surface area contributed by atoms with Crippen LogP contribution in [0.4, 0.5) is 0 Å². The molecule has 1 fully saturated rings. The van der Waals surface area contributed by atoms with Crippen molar-refractivity contribution in [2.45, 2.75) is 19.3 Å². The molecule has 3 rings (SSSR count). The third-order valence-corrected chi connectivity index (χ3v) is 4.32. The van der Waals surface area contributed by atoms with Crippen molar-refractivity contribution in [1.82, 2.24) is 0 Å². The Kier molecular flexibility index (Phi) is 4.42. The highest BCUT2D eigenvalue weighted by Gasteiger charge is 2.39. The van der Waals surface area contributed by atoms with Gasteiger partial charge in [-0.25, -0.2) is 0 Å². The minimum absolute atomic E-state index is 0.442. The van der Waals surface area contributed by atoms with Gasteiger partial charge in [-0.1, -0.05) is 48.9 Å². The van der Waals surface area contributed by atoms with E-state index in [1.807, 2.05) is 42.5 Å². The average Bonchev–Trinajstić information content (AvgIpc) is 3.06. The van der Waals surface area contributed by atoms with Crippen LogP contribution in [0.1, 0.15) is 19.3 Å². The highest BCUT2D eigenvalue weighted by molar-refractivity contribution is 5.83. The lowest BCUT2D eigenvalue weighted by atomic mass is 9.96. The Labute approximate surface area is 134 Å². The number of benzene rings is 2. The van der Waals surface area contributed by atoms with E-state index in [0.29, 0.717) is 18.6 Å². The lowest BCUT2D eigenvalue weighted by molar-refractivity contribution is -0.150. The fourth-order valence-corrected chi connectivity index (χ4v) is 3.08.